The highest BCUT2D eigenvalue weighted by Gasteiger charge is 2.19. The van der Waals surface area contributed by atoms with Crippen molar-refractivity contribution < 1.29 is 4.39 Å². The van der Waals surface area contributed by atoms with Gasteiger partial charge in [0.2, 0.25) is 0 Å². The van der Waals surface area contributed by atoms with Crippen molar-refractivity contribution in [2.45, 2.75) is 18.9 Å². The standard InChI is InChI=1S/C11H12FN3/c12-7-3-4-8-10(6-7)15-11(14-8)9-2-1-5-13-9/h3-4,6,9,13H,1-2,5H2,(H,14,15)/t9-/m1/s1. The van der Waals surface area contributed by atoms with Gasteiger partial charge in [-0.15, -0.1) is 0 Å². The van der Waals surface area contributed by atoms with Crippen LogP contribution in [0.1, 0.15) is 24.7 Å². The maximum Gasteiger partial charge on any atom is 0.125 e. The third kappa shape index (κ3) is 1.51. The van der Waals surface area contributed by atoms with Crippen LogP contribution in [0.2, 0.25) is 0 Å². The number of aromatic amines is 1. The van der Waals surface area contributed by atoms with E-state index in [2.05, 4.69) is 15.3 Å². The largest absolute Gasteiger partial charge is 0.341 e. The van der Waals surface area contributed by atoms with Crippen LogP contribution in [0.15, 0.2) is 18.2 Å². The van der Waals surface area contributed by atoms with Crippen molar-refractivity contribution in [3.8, 4) is 0 Å². The van der Waals surface area contributed by atoms with Gasteiger partial charge in [-0.2, -0.15) is 0 Å². The lowest BCUT2D eigenvalue weighted by Crippen LogP contribution is -2.13. The summed E-state index contributed by atoms with van der Waals surface area (Å²) < 4.78 is 13.0. The summed E-state index contributed by atoms with van der Waals surface area (Å²) in [5.41, 5.74) is 1.61. The SMILES string of the molecule is Fc1ccc2nc([C@H]3CCCN3)[nH]c2c1. The molecule has 0 saturated carbocycles. The number of aromatic nitrogens is 2. The summed E-state index contributed by atoms with van der Waals surface area (Å²) in [6.07, 6.45) is 2.28. The smallest absolute Gasteiger partial charge is 0.125 e. The minimum absolute atomic E-state index is 0.225. The fourth-order valence-electron chi connectivity index (χ4n) is 2.08. The lowest BCUT2D eigenvalue weighted by molar-refractivity contribution is 0.614. The molecule has 3 rings (SSSR count). The second-order valence-corrected chi connectivity index (χ2v) is 3.93. The van der Waals surface area contributed by atoms with Gasteiger partial charge in [0.25, 0.3) is 0 Å². The number of nitrogens with zero attached hydrogens (tertiary/aromatic N) is 1. The second-order valence-electron chi connectivity index (χ2n) is 3.93. The molecule has 1 aliphatic heterocycles. The average molecular weight is 205 g/mol. The lowest BCUT2D eigenvalue weighted by atomic mass is 10.2. The Bertz CT molecular complexity index is 486. The summed E-state index contributed by atoms with van der Waals surface area (Å²) in [5.74, 6) is 0.699. The van der Waals surface area contributed by atoms with Gasteiger partial charge in [-0.3, -0.25) is 0 Å². The summed E-state index contributed by atoms with van der Waals surface area (Å²) in [7, 11) is 0. The molecule has 1 aliphatic rings. The molecule has 1 fully saturated rings. The van der Waals surface area contributed by atoms with Crippen LogP contribution in [-0.4, -0.2) is 16.5 Å². The van der Waals surface area contributed by atoms with Gasteiger partial charge < -0.3 is 10.3 Å². The zero-order valence-electron chi connectivity index (χ0n) is 8.26. The number of nitrogens with one attached hydrogen (secondary N) is 2. The van der Waals surface area contributed by atoms with E-state index in [9.17, 15) is 4.39 Å². The van der Waals surface area contributed by atoms with E-state index < -0.39 is 0 Å². The normalized spacial score (nSPS) is 21.3. The van der Waals surface area contributed by atoms with Gasteiger partial charge in [0.05, 0.1) is 17.1 Å². The number of rotatable bonds is 1. The Labute approximate surface area is 86.7 Å². The van der Waals surface area contributed by atoms with Crippen LogP contribution in [0, 0.1) is 5.82 Å². The van der Waals surface area contributed by atoms with E-state index in [0.717, 1.165) is 29.8 Å². The van der Waals surface area contributed by atoms with Crippen LogP contribution in [0.5, 0.6) is 0 Å². The molecule has 1 atom stereocenters. The van der Waals surface area contributed by atoms with Crippen molar-refractivity contribution in [1.82, 2.24) is 15.3 Å². The number of halogens is 1. The highest BCUT2D eigenvalue weighted by Crippen LogP contribution is 2.23. The van der Waals surface area contributed by atoms with Crippen LogP contribution in [0.4, 0.5) is 4.39 Å². The van der Waals surface area contributed by atoms with Crippen LogP contribution in [-0.2, 0) is 0 Å². The monoisotopic (exact) mass is 205 g/mol. The first kappa shape index (κ1) is 8.85. The second kappa shape index (κ2) is 3.31. The Kier molecular flexibility index (Phi) is 1.95. The number of fused-ring (bicyclic) bond motifs is 1. The first-order valence-electron chi connectivity index (χ1n) is 5.21. The molecule has 0 unspecified atom stereocenters. The molecule has 2 heterocycles. The molecule has 78 valence electrons. The molecule has 3 nitrogen and oxygen atoms in total. The Balaban J connectivity index is 2.05. The minimum atomic E-state index is -0.225. The van der Waals surface area contributed by atoms with Crippen LogP contribution >= 0.6 is 0 Å². The Morgan fingerprint density at radius 3 is 3.13 bits per heavy atom. The minimum Gasteiger partial charge on any atom is -0.341 e. The first-order chi connectivity index (χ1) is 7.33. The van der Waals surface area contributed by atoms with Crippen molar-refractivity contribution in [2.24, 2.45) is 0 Å². The zero-order valence-corrected chi connectivity index (χ0v) is 8.26. The number of imidazole rings is 1. The predicted octanol–water partition coefficient (Wildman–Crippen LogP) is 2.13. The molecular weight excluding hydrogens is 193 g/mol. The van der Waals surface area contributed by atoms with E-state index in [1.165, 1.54) is 18.6 Å². The fraction of sp³-hybridized carbons (Fsp3) is 0.364. The third-order valence-corrected chi connectivity index (χ3v) is 2.85. The van der Waals surface area contributed by atoms with Crippen LogP contribution < -0.4 is 5.32 Å². The molecule has 0 amide bonds. The summed E-state index contributed by atoms with van der Waals surface area (Å²) in [6.45, 7) is 1.04. The van der Waals surface area contributed by atoms with Crippen LogP contribution in [0.3, 0.4) is 0 Å². The van der Waals surface area contributed by atoms with Crippen molar-refractivity contribution >= 4 is 11.0 Å². The van der Waals surface area contributed by atoms with E-state index in [0.29, 0.717) is 6.04 Å². The molecule has 15 heavy (non-hydrogen) atoms. The fourth-order valence-corrected chi connectivity index (χ4v) is 2.08. The highest BCUT2D eigenvalue weighted by atomic mass is 19.1. The average Bonchev–Trinajstić information content (AvgIpc) is 2.84. The Hall–Kier alpha value is -1.42. The van der Waals surface area contributed by atoms with Gasteiger partial charge >= 0.3 is 0 Å². The third-order valence-electron chi connectivity index (χ3n) is 2.85. The molecule has 0 aliphatic carbocycles. The van der Waals surface area contributed by atoms with E-state index in [1.54, 1.807) is 6.07 Å². The lowest BCUT2D eigenvalue weighted by Gasteiger charge is -2.04. The molecule has 2 N–H and O–H groups in total. The van der Waals surface area contributed by atoms with Crippen molar-refractivity contribution in [3.05, 3.63) is 29.8 Å². The number of benzene rings is 1. The first-order valence-corrected chi connectivity index (χ1v) is 5.21. The quantitative estimate of drug-likeness (QED) is 0.748. The summed E-state index contributed by atoms with van der Waals surface area (Å²) in [6, 6.07) is 4.94. The molecule has 1 aromatic carbocycles. The van der Waals surface area contributed by atoms with E-state index in [1.807, 2.05) is 0 Å². The molecular formula is C11H12FN3. The Morgan fingerprint density at radius 1 is 1.40 bits per heavy atom. The predicted molar refractivity (Wildman–Crippen MR) is 56.0 cm³/mol. The molecule has 2 aromatic rings. The molecule has 1 saturated heterocycles. The van der Waals surface area contributed by atoms with Gasteiger partial charge in [0.1, 0.15) is 11.6 Å². The van der Waals surface area contributed by atoms with Crippen molar-refractivity contribution in [3.63, 3.8) is 0 Å². The maximum absolute atomic E-state index is 13.0. The van der Waals surface area contributed by atoms with E-state index >= 15 is 0 Å². The highest BCUT2D eigenvalue weighted by molar-refractivity contribution is 5.75. The zero-order chi connectivity index (χ0) is 10.3. The van der Waals surface area contributed by atoms with Gasteiger partial charge in [-0.05, 0) is 37.6 Å². The van der Waals surface area contributed by atoms with Crippen molar-refractivity contribution in [1.29, 1.82) is 0 Å². The summed E-state index contributed by atoms with van der Waals surface area (Å²) >= 11 is 0. The summed E-state index contributed by atoms with van der Waals surface area (Å²) in [4.78, 5) is 7.62. The number of H-pyrrole nitrogens is 1. The number of hydrogen-bond donors (Lipinski definition) is 2. The van der Waals surface area contributed by atoms with E-state index in [4.69, 9.17) is 0 Å². The van der Waals surface area contributed by atoms with Gasteiger partial charge in [-0.1, -0.05) is 0 Å². The van der Waals surface area contributed by atoms with Gasteiger partial charge in [-0.25, -0.2) is 9.37 Å². The van der Waals surface area contributed by atoms with Crippen LogP contribution in [0.25, 0.3) is 11.0 Å². The molecule has 0 bridgehead atoms. The van der Waals surface area contributed by atoms with E-state index in [-0.39, 0.29) is 5.82 Å². The maximum atomic E-state index is 13.0. The molecule has 4 heteroatoms. The molecule has 1 aromatic heterocycles. The molecule has 0 spiro atoms. The van der Waals surface area contributed by atoms with Gasteiger partial charge in [0, 0.05) is 0 Å². The molecule has 0 radical (unpaired) electrons. The topological polar surface area (TPSA) is 40.7 Å². The summed E-state index contributed by atoms with van der Waals surface area (Å²) in [5, 5.41) is 3.36. The number of hydrogen-bond acceptors (Lipinski definition) is 2. The Morgan fingerprint density at radius 2 is 2.33 bits per heavy atom. The van der Waals surface area contributed by atoms with Crippen molar-refractivity contribution in [2.75, 3.05) is 6.54 Å². The van der Waals surface area contributed by atoms with Gasteiger partial charge in [0.15, 0.2) is 0 Å².